The fraction of sp³-hybridized carbons (Fsp3) is 0.333. The van der Waals surface area contributed by atoms with Crippen molar-refractivity contribution in [3.8, 4) is 0 Å². The third kappa shape index (κ3) is 4.02. The van der Waals surface area contributed by atoms with E-state index in [0.717, 1.165) is 17.1 Å². The van der Waals surface area contributed by atoms with E-state index in [1.165, 1.54) is 18.4 Å². The fourth-order valence-electron chi connectivity index (χ4n) is 1.85. The summed E-state index contributed by atoms with van der Waals surface area (Å²) in [5, 5.41) is 5.52. The van der Waals surface area contributed by atoms with Crippen LogP contribution < -0.4 is 5.32 Å². The molecule has 1 N–H and O–H groups in total. The van der Waals surface area contributed by atoms with Gasteiger partial charge in [-0.3, -0.25) is 0 Å². The van der Waals surface area contributed by atoms with Gasteiger partial charge in [0.25, 0.3) is 0 Å². The topological polar surface area (TPSA) is 60.5 Å². The van der Waals surface area contributed by atoms with Gasteiger partial charge in [0.05, 0.1) is 30.6 Å². The second-order valence-electron chi connectivity index (χ2n) is 4.71. The number of ether oxygens (including phenoxy) is 2. The first kappa shape index (κ1) is 17.3. The van der Waals surface area contributed by atoms with Gasteiger partial charge < -0.3 is 14.8 Å². The van der Waals surface area contributed by atoms with E-state index in [-0.39, 0.29) is 23.9 Å². The molecule has 1 heterocycles. The van der Waals surface area contributed by atoms with Crippen LogP contribution in [0.1, 0.15) is 34.1 Å². The van der Waals surface area contributed by atoms with Crippen molar-refractivity contribution >= 4 is 23.0 Å². The highest BCUT2D eigenvalue weighted by atomic mass is 32.1. The van der Waals surface area contributed by atoms with Crippen molar-refractivity contribution in [2.75, 3.05) is 19.5 Å². The van der Waals surface area contributed by atoms with Gasteiger partial charge in [0, 0.05) is 18.6 Å². The molecule has 0 saturated heterocycles. The maximum atomic E-state index is 13.4. The highest BCUT2D eigenvalue weighted by Gasteiger charge is 2.17. The number of hydrogen-bond donors (Lipinski definition) is 1. The smallest absolute Gasteiger partial charge is 0.340 e. The molecular weight excluding hydrogens is 326 g/mol. The van der Waals surface area contributed by atoms with Crippen LogP contribution >= 0.6 is 11.3 Å². The zero-order chi connectivity index (χ0) is 17.0. The van der Waals surface area contributed by atoms with Crippen LogP contribution in [-0.4, -0.2) is 25.2 Å². The van der Waals surface area contributed by atoms with E-state index in [1.54, 1.807) is 7.11 Å². The van der Waals surface area contributed by atoms with Crippen molar-refractivity contribution in [1.82, 2.24) is 4.98 Å². The molecule has 2 rings (SSSR count). The molecule has 8 heteroatoms. The minimum atomic E-state index is -1.11. The highest BCUT2D eigenvalue weighted by molar-refractivity contribution is 7.09. The van der Waals surface area contributed by atoms with Crippen molar-refractivity contribution < 1.29 is 23.0 Å². The number of halogens is 2. The van der Waals surface area contributed by atoms with Crippen LogP contribution in [0.2, 0.25) is 0 Å². The Bertz CT molecular complexity index is 706. The Morgan fingerprint density at radius 2 is 2.04 bits per heavy atom. The van der Waals surface area contributed by atoms with Gasteiger partial charge in [-0.2, -0.15) is 0 Å². The van der Waals surface area contributed by atoms with Crippen LogP contribution in [-0.2, 0) is 16.0 Å². The van der Waals surface area contributed by atoms with Crippen molar-refractivity contribution in [3.63, 3.8) is 0 Å². The number of benzene rings is 1. The molecule has 0 radical (unpaired) electrons. The molecule has 23 heavy (non-hydrogen) atoms. The van der Waals surface area contributed by atoms with E-state index in [9.17, 15) is 13.6 Å². The number of carbonyl (C=O) groups is 1. The predicted octanol–water partition coefficient (Wildman–Crippen LogP) is 3.53. The molecule has 0 aliphatic heterocycles. The van der Waals surface area contributed by atoms with E-state index in [4.69, 9.17) is 4.74 Å². The van der Waals surface area contributed by atoms with Gasteiger partial charge in [-0.1, -0.05) is 0 Å². The van der Waals surface area contributed by atoms with Crippen molar-refractivity contribution in [2.24, 2.45) is 0 Å². The predicted molar refractivity (Wildman–Crippen MR) is 82.6 cm³/mol. The summed E-state index contributed by atoms with van der Waals surface area (Å²) >= 11 is 1.44. The zero-order valence-corrected chi connectivity index (χ0v) is 13.7. The van der Waals surface area contributed by atoms with Crippen LogP contribution in [0, 0.1) is 11.6 Å². The lowest BCUT2D eigenvalue weighted by molar-refractivity contribution is 0.0601. The van der Waals surface area contributed by atoms with Crippen molar-refractivity contribution in [3.05, 3.63) is 45.4 Å². The second kappa shape index (κ2) is 7.47. The molecule has 1 aromatic heterocycles. The number of carbonyl (C=O) groups excluding carboxylic acids is 1. The SMILES string of the molecule is COC(=O)c1cc(F)c(F)cc1NCc1csc([C@@H](C)OC)n1. The summed E-state index contributed by atoms with van der Waals surface area (Å²) in [6, 6.07) is 1.73. The third-order valence-electron chi connectivity index (χ3n) is 3.20. The van der Waals surface area contributed by atoms with Crippen LogP contribution in [0.3, 0.4) is 0 Å². The Morgan fingerprint density at radius 3 is 2.70 bits per heavy atom. The zero-order valence-electron chi connectivity index (χ0n) is 12.9. The molecule has 0 saturated carbocycles. The largest absolute Gasteiger partial charge is 0.465 e. The first-order chi connectivity index (χ1) is 11.0. The summed E-state index contributed by atoms with van der Waals surface area (Å²) in [6.45, 7) is 2.13. The minimum Gasteiger partial charge on any atom is -0.465 e. The number of rotatable bonds is 6. The van der Waals surface area contributed by atoms with E-state index >= 15 is 0 Å². The lowest BCUT2D eigenvalue weighted by Crippen LogP contribution is -2.10. The summed E-state index contributed by atoms with van der Waals surface area (Å²) in [4.78, 5) is 16.0. The molecular formula is C15H16F2N2O3S. The number of anilines is 1. The Morgan fingerprint density at radius 1 is 1.35 bits per heavy atom. The molecule has 0 spiro atoms. The molecule has 1 atom stereocenters. The third-order valence-corrected chi connectivity index (χ3v) is 4.25. The van der Waals surface area contributed by atoms with Gasteiger partial charge >= 0.3 is 5.97 Å². The standard InChI is InChI=1S/C15H16F2N2O3S/c1-8(21-2)14-19-9(7-23-14)6-18-13-5-12(17)11(16)4-10(13)15(20)22-3/h4-5,7-8,18H,6H2,1-3H3/t8-/m1/s1. The molecule has 0 fully saturated rings. The molecule has 124 valence electrons. The molecule has 0 amide bonds. The monoisotopic (exact) mass is 342 g/mol. The van der Waals surface area contributed by atoms with Gasteiger partial charge in [-0.05, 0) is 13.0 Å². The average Bonchev–Trinajstić information content (AvgIpc) is 3.03. The number of aromatic nitrogens is 1. The Balaban J connectivity index is 2.18. The second-order valence-corrected chi connectivity index (χ2v) is 5.60. The number of esters is 1. The Hall–Kier alpha value is -2.06. The molecule has 0 aliphatic carbocycles. The summed E-state index contributed by atoms with van der Waals surface area (Å²) in [5.74, 6) is -2.91. The Kier molecular flexibility index (Phi) is 5.62. The first-order valence-electron chi connectivity index (χ1n) is 6.74. The van der Waals surface area contributed by atoms with Crippen molar-refractivity contribution in [1.29, 1.82) is 0 Å². The lowest BCUT2D eigenvalue weighted by atomic mass is 10.1. The number of methoxy groups -OCH3 is 2. The quantitative estimate of drug-likeness (QED) is 0.814. The summed E-state index contributed by atoms with van der Waals surface area (Å²) in [5.41, 5.74) is 0.770. The molecule has 0 unspecified atom stereocenters. The maximum absolute atomic E-state index is 13.4. The number of thiazole rings is 1. The van der Waals surface area contributed by atoms with Crippen LogP contribution in [0.4, 0.5) is 14.5 Å². The number of nitrogens with zero attached hydrogens (tertiary/aromatic N) is 1. The van der Waals surface area contributed by atoms with Crippen molar-refractivity contribution in [2.45, 2.75) is 19.6 Å². The van der Waals surface area contributed by atoms with E-state index in [0.29, 0.717) is 5.69 Å². The first-order valence-corrected chi connectivity index (χ1v) is 7.62. The van der Waals surface area contributed by atoms with Gasteiger partial charge in [-0.15, -0.1) is 11.3 Å². The van der Waals surface area contributed by atoms with Crippen LogP contribution in [0.25, 0.3) is 0 Å². The number of hydrogen-bond acceptors (Lipinski definition) is 6. The summed E-state index contributed by atoms with van der Waals surface area (Å²) in [7, 11) is 2.76. The van der Waals surface area contributed by atoms with Crippen LogP contribution in [0.5, 0.6) is 0 Å². The summed E-state index contributed by atoms with van der Waals surface area (Å²) < 4.78 is 36.5. The molecule has 1 aromatic carbocycles. The van der Waals surface area contributed by atoms with Gasteiger partial charge in [-0.25, -0.2) is 18.6 Å². The summed E-state index contributed by atoms with van der Waals surface area (Å²) in [6.07, 6.45) is -0.123. The van der Waals surface area contributed by atoms with E-state index < -0.39 is 17.6 Å². The maximum Gasteiger partial charge on any atom is 0.340 e. The molecule has 2 aromatic rings. The minimum absolute atomic E-state index is 0.0767. The molecule has 0 aliphatic rings. The highest BCUT2D eigenvalue weighted by Crippen LogP contribution is 2.24. The van der Waals surface area contributed by atoms with Crippen LogP contribution in [0.15, 0.2) is 17.5 Å². The van der Waals surface area contributed by atoms with E-state index in [1.807, 2.05) is 12.3 Å². The van der Waals surface area contributed by atoms with Gasteiger partial charge in [0.15, 0.2) is 11.6 Å². The molecule has 0 bridgehead atoms. The average molecular weight is 342 g/mol. The number of nitrogens with one attached hydrogen (secondary N) is 1. The van der Waals surface area contributed by atoms with Gasteiger partial charge in [0.2, 0.25) is 0 Å². The Labute approximate surface area is 136 Å². The van der Waals surface area contributed by atoms with E-state index in [2.05, 4.69) is 15.0 Å². The molecule has 5 nitrogen and oxygen atoms in total. The van der Waals surface area contributed by atoms with Gasteiger partial charge in [0.1, 0.15) is 11.1 Å². The fourth-order valence-corrected chi connectivity index (χ4v) is 2.70. The lowest BCUT2D eigenvalue weighted by Gasteiger charge is -2.10. The normalized spacial score (nSPS) is 12.0.